The van der Waals surface area contributed by atoms with Crippen LogP contribution in [0, 0.1) is 6.92 Å². The maximum atomic E-state index is 12.5. The van der Waals surface area contributed by atoms with Crippen molar-refractivity contribution in [2.24, 2.45) is 0 Å². The average Bonchev–Trinajstić information content (AvgIpc) is 2.73. The Balaban J connectivity index is 1.89. The first-order chi connectivity index (χ1) is 14.7. The molecule has 10 nitrogen and oxygen atoms in total. The van der Waals surface area contributed by atoms with Gasteiger partial charge in [0.05, 0.1) is 19.1 Å². The molecule has 2 heterocycles. The van der Waals surface area contributed by atoms with E-state index in [0.29, 0.717) is 16.9 Å². The molecule has 5 atom stereocenters. The summed E-state index contributed by atoms with van der Waals surface area (Å²) in [7, 11) is 1.42. The summed E-state index contributed by atoms with van der Waals surface area (Å²) in [5.74, 6) is 0.291. The van der Waals surface area contributed by atoms with Gasteiger partial charge < -0.3 is 44.2 Å². The first kappa shape index (κ1) is 21.3. The second-order valence-electron chi connectivity index (χ2n) is 7.36. The Morgan fingerprint density at radius 2 is 1.77 bits per heavy atom. The minimum Gasteiger partial charge on any atom is -0.506 e. The Hall–Kier alpha value is -2.89. The average molecular weight is 434 g/mol. The SMILES string of the molecule is COc1cc(O[C@H]2O[C@@H](CO)[C@H](O)[C@H](O)[C@@H]2O)c2c(O)c3c(=O)cc(C)oc3cc2c1. The van der Waals surface area contributed by atoms with Crippen LogP contribution in [0.3, 0.4) is 0 Å². The second-order valence-corrected chi connectivity index (χ2v) is 7.36. The van der Waals surface area contributed by atoms with Crippen molar-refractivity contribution >= 4 is 21.7 Å². The number of fused-ring (bicyclic) bond motifs is 2. The highest BCUT2D eigenvalue weighted by Crippen LogP contribution is 2.42. The Morgan fingerprint density at radius 3 is 2.45 bits per heavy atom. The summed E-state index contributed by atoms with van der Waals surface area (Å²) in [6.07, 6.45) is -7.51. The lowest BCUT2D eigenvalue weighted by molar-refractivity contribution is -0.277. The van der Waals surface area contributed by atoms with Crippen LogP contribution in [-0.4, -0.2) is 70.0 Å². The van der Waals surface area contributed by atoms with Crippen LogP contribution < -0.4 is 14.9 Å². The summed E-state index contributed by atoms with van der Waals surface area (Å²) >= 11 is 0. The molecule has 0 amide bonds. The van der Waals surface area contributed by atoms with E-state index in [1.165, 1.54) is 19.2 Å². The summed E-state index contributed by atoms with van der Waals surface area (Å²) in [5, 5.41) is 51.0. The van der Waals surface area contributed by atoms with Gasteiger partial charge >= 0.3 is 0 Å². The molecule has 0 aliphatic carbocycles. The lowest BCUT2D eigenvalue weighted by atomic mass is 9.99. The number of hydrogen-bond acceptors (Lipinski definition) is 10. The largest absolute Gasteiger partial charge is 0.506 e. The molecule has 1 fully saturated rings. The molecule has 2 aromatic carbocycles. The fourth-order valence-electron chi connectivity index (χ4n) is 3.71. The second kappa shape index (κ2) is 7.98. The molecule has 10 heteroatoms. The zero-order valence-electron chi connectivity index (χ0n) is 16.7. The molecule has 1 aliphatic heterocycles. The third-order valence-corrected chi connectivity index (χ3v) is 5.29. The number of aryl methyl sites for hydroxylation is 1. The minimum atomic E-state index is -1.66. The number of aliphatic hydroxyl groups is 4. The number of methoxy groups -OCH3 is 1. The Kier molecular flexibility index (Phi) is 5.50. The summed E-state index contributed by atoms with van der Waals surface area (Å²) in [6, 6.07) is 5.79. The lowest BCUT2D eigenvalue weighted by Crippen LogP contribution is -2.60. The Bertz CT molecular complexity index is 1180. The quantitative estimate of drug-likeness (QED) is 0.358. The molecule has 3 aromatic rings. The van der Waals surface area contributed by atoms with Crippen LogP contribution in [0.25, 0.3) is 21.7 Å². The van der Waals surface area contributed by atoms with Crippen molar-refractivity contribution in [3.8, 4) is 17.2 Å². The maximum Gasteiger partial charge on any atom is 0.229 e. The number of hydrogen-bond donors (Lipinski definition) is 5. The third kappa shape index (κ3) is 3.58. The van der Waals surface area contributed by atoms with E-state index in [-0.39, 0.29) is 22.1 Å². The van der Waals surface area contributed by atoms with Crippen molar-refractivity contribution < 1.29 is 44.2 Å². The van der Waals surface area contributed by atoms with E-state index in [2.05, 4.69) is 0 Å². The topological polar surface area (TPSA) is 159 Å². The molecule has 0 bridgehead atoms. The van der Waals surface area contributed by atoms with E-state index in [0.717, 1.165) is 0 Å². The van der Waals surface area contributed by atoms with Gasteiger partial charge in [-0.3, -0.25) is 4.79 Å². The number of phenolic OH excluding ortho intramolecular Hbond substituents is 1. The van der Waals surface area contributed by atoms with Crippen LogP contribution in [0.1, 0.15) is 5.76 Å². The van der Waals surface area contributed by atoms with Crippen LogP contribution in [0.2, 0.25) is 0 Å². The van der Waals surface area contributed by atoms with Crippen LogP contribution in [-0.2, 0) is 4.74 Å². The van der Waals surface area contributed by atoms with Crippen molar-refractivity contribution in [2.45, 2.75) is 37.6 Å². The molecule has 1 aliphatic rings. The maximum absolute atomic E-state index is 12.5. The normalized spacial score (nSPS) is 26.3. The molecular weight excluding hydrogens is 412 g/mol. The molecule has 0 spiro atoms. The highest BCUT2D eigenvalue weighted by molar-refractivity contribution is 6.06. The number of aromatic hydroxyl groups is 1. The van der Waals surface area contributed by atoms with Crippen molar-refractivity contribution in [1.29, 1.82) is 0 Å². The summed E-state index contributed by atoms with van der Waals surface area (Å²) in [6.45, 7) is 0.987. The van der Waals surface area contributed by atoms with Gasteiger partial charge in [-0.2, -0.15) is 0 Å². The van der Waals surface area contributed by atoms with Gasteiger partial charge in [0.15, 0.2) is 5.43 Å². The van der Waals surface area contributed by atoms with Gasteiger partial charge in [-0.05, 0) is 24.4 Å². The molecule has 0 radical (unpaired) electrons. The van der Waals surface area contributed by atoms with Gasteiger partial charge in [0, 0.05) is 12.1 Å². The third-order valence-electron chi connectivity index (χ3n) is 5.29. The van der Waals surface area contributed by atoms with Gasteiger partial charge in [-0.25, -0.2) is 0 Å². The van der Waals surface area contributed by atoms with Crippen molar-refractivity contribution in [1.82, 2.24) is 0 Å². The van der Waals surface area contributed by atoms with E-state index in [4.69, 9.17) is 18.6 Å². The number of rotatable bonds is 4. The molecule has 1 aromatic heterocycles. The minimum absolute atomic E-state index is 0.0157. The monoisotopic (exact) mass is 434 g/mol. The number of ether oxygens (including phenoxy) is 3. The summed E-state index contributed by atoms with van der Waals surface area (Å²) < 4.78 is 22.0. The molecule has 1 saturated heterocycles. The Labute approximate surface area is 175 Å². The molecule has 5 N–H and O–H groups in total. The fourth-order valence-corrected chi connectivity index (χ4v) is 3.71. The summed E-state index contributed by atoms with van der Waals surface area (Å²) in [4.78, 5) is 12.5. The van der Waals surface area contributed by atoms with Crippen LogP contribution in [0.15, 0.2) is 33.5 Å². The van der Waals surface area contributed by atoms with E-state index < -0.39 is 48.5 Å². The molecule has 166 valence electrons. The lowest BCUT2D eigenvalue weighted by Gasteiger charge is -2.39. The smallest absolute Gasteiger partial charge is 0.229 e. The van der Waals surface area contributed by atoms with Gasteiger partial charge in [0.1, 0.15) is 58.4 Å². The molecule has 4 rings (SSSR count). The van der Waals surface area contributed by atoms with Gasteiger partial charge in [0.25, 0.3) is 0 Å². The predicted molar refractivity (Wildman–Crippen MR) is 107 cm³/mol. The van der Waals surface area contributed by atoms with Crippen LogP contribution >= 0.6 is 0 Å². The van der Waals surface area contributed by atoms with E-state index in [1.54, 1.807) is 19.1 Å². The Morgan fingerprint density at radius 1 is 1.03 bits per heavy atom. The van der Waals surface area contributed by atoms with Crippen molar-refractivity contribution in [3.63, 3.8) is 0 Å². The van der Waals surface area contributed by atoms with Gasteiger partial charge in [-0.1, -0.05) is 0 Å². The van der Waals surface area contributed by atoms with Crippen molar-refractivity contribution in [3.05, 3.63) is 40.2 Å². The highest BCUT2D eigenvalue weighted by Gasteiger charge is 2.45. The predicted octanol–water partition coefficient (Wildman–Crippen LogP) is 0.148. The zero-order chi connectivity index (χ0) is 22.4. The molecule has 0 saturated carbocycles. The fraction of sp³-hybridized carbons (Fsp3) is 0.381. The first-order valence-electron chi connectivity index (χ1n) is 9.50. The first-order valence-corrected chi connectivity index (χ1v) is 9.50. The highest BCUT2D eigenvalue weighted by atomic mass is 16.7. The van der Waals surface area contributed by atoms with Gasteiger partial charge in [0.2, 0.25) is 6.29 Å². The van der Waals surface area contributed by atoms with Crippen molar-refractivity contribution in [2.75, 3.05) is 13.7 Å². The van der Waals surface area contributed by atoms with Crippen LogP contribution in [0.5, 0.6) is 17.2 Å². The van der Waals surface area contributed by atoms with E-state index >= 15 is 0 Å². The summed E-state index contributed by atoms with van der Waals surface area (Å²) in [5.41, 5.74) is -0.283. The standard InChI is InChI=1S/C21H22O10/c1-8-3-11(23)16-12(29-8)5-9-4-10(28-2)6-13(15(9)18(16)25)30-21-20(27)19(26)17(24)14(7-22)31-21/h3-6,14,17,19-22,24-27H,7H2,1-2H3/t14-,17-,19-,20-,21-/m0/s1. The molecule has 31 heavy (non-hydrogen) atoms. The number of aliphatic hydroxyl groups excluding tert-OH is 4. The number of phenols is 1. The zero-order valence-corrected chi connectivity index (χ0v) is 16.7. The number of benzene rings is 2. The molecular formula is C21H22O10. The molecule has 0 unspecified atom stereocenters. The van der Waals surface area contributed by atoms with Crippen LogP contribution in [0.4, 0.5) is 0 Å². The van der Waals surface area contributed by atoms with E-state index in [9.17, 15) is 30.3 Å². The van der Waals surface area contributed by atoms with E-state index in [1.807, 2.05) is 0 Å². The van der Waals surface area contributed by atoms with Gasteiger partial charge in [-0.15, -0.1) is 0 Å².